The van der Waals surface area contributed by atoms with Crippen LogP contribution in [0.25, 0.3) is 0 Å². The SMILES string of the molecule is CC1=CC2CCCCCC2O1. The van der Waals surface area contributed by atoms with Crippen molar-refractivity contribution in [3.63, 3.8) is 0 Å². The molecule has 0 spiro atoms. The molecule has 1 aliphatic heterocycles. The molecule has 0 aromatic rings. The van der Waals surface area contributed by atoms with E-state index in [2.05, 4.69) is 13.0 Å². The van der Waals surface area contributed by atoms with Crippen LogP contribution in [0.15, 0.2) is 11.8 Å². The van der Waals surface area contributed by atoms with Gasteiger partial charge in [0.05, 0.1) is 5.76 Å². The summed E-state index contributed by atoms with van der Waals surface area (Å²) in [5.74, 6) is 1.90. The molecule has 0 saturated heterocycles. The minimum atomic E-state index is 0.539. The monoisotopic (exact) mass is 152 g/mol. The van der Waals surface area contributed by atoms with Crippen LogP contribution in [-0.2, 0) is 4.74 Å². The van der Waals surface area contributed by atoms with Gasteiger partial charge in [-0.15, -0.1) is 0 Å². The summed E-state index contributed by atoms with van der Waals surface area (Å²) in [4.78, 5) is 0. The second-order valence-corrected chi connectivity index (χ2v) is 3.74. The van der Waals surface area contributed by atoms with E-state index in [-0.39, 0.29) is 0 Å². The molecule has 0 bridgehead atoms. The maximum Gasteiger partial charge on any atom is 0.105 e. The molecule has 1 heteroatoms. The Balaban J connectivity index is 2.04. The number of hydrogen-bond acceptors (Lipinski definition) is 1. The summed E-state index contributed by atoms with van der Waals surface area (Å²) in [6, 6.07) is 0. The Morgan fingerprint density at radius 2 is 2.09 bits per heavy atom. The van der Waals surface area contributed by atoms with Crippen LogP contribution >= 0.6 is 0 Å². The summed E-state index contributed by atoms with van der Waals surface area (Å²) in [5, 5.41) is 0. The van der Waals surface area contributed by atoms with Crippen LogP contribution in [0.2, 0.25) is 0 Å². The van der Waals surface area contributed by atoms with E-state index in [9.17, 15) is 0 Å². The quantitative estimate of drug-likeness (QED) is 0.518. The Bertz CT molecular complexity index is 172. The average molecular weight is 152 g/mol. The largest absolute Gasteiger partial charge is 0.495 e. The minimum Gasteiger partial charge on any atom is -0.495 e. The van der Waals surface area contributed by atoms with Crippen molar-refractivity contribution in [2.24, 2.45) is 5.92 Å². The van der Waals surface area contributed by atoms with E-state index in [1.165, 1.54) is 32.1 Å². The summed E-state index contributed by atoms with van der Waals surface area (Å²) in [6.45, 7) is 2.08. The highest BCUT2D eigenvalue weighted by molar-refractivity contribution is 5.04. The van der Waals surface area contributed by atoms with E-state index in [1.807, 2.05) is 0 Å². The van der Waals surface area contributed by atoms with Crippen molar-refractivity contribution >= 4 is 0 Å². The molecule has 1 heterocycles. The first kappa shape index (κ1) is 7.20. The Morgan fingerprint density at radius 1 is 1.27 bits per heavy atom. The predicted molar refractivity (Wildman–Crippen MR) is 45.2 cm³/mol. The van der Waals surface area contributed by atoms with Crippen LogP contribution in [0.1, 0.15) is 39.0 Å². The third-order valence-electron chi connectivity index (χ3n) is 2.79. The number of ether oxygens (including phenoxy) is 1. The highest BCUT2D eigenvalue weighted by Crippen LogP contribution is 2.33. The molecule has 2 rings (SSSR count). The smallest absolute Gasteiger partial charge is 0.105 e. The van der Waals surface area contributed by atoms with Crippen molar-refractivity contribution < 1.29 is 4.74 Å². The van der Waals surface area contributed by atoms with E-state index < -0.39 is 0 Å². The molecule has 1 fully saturated rings. The Morgan fingerprint density at radius 3 is 3.00 bits per heavy atom. The molecular formula is C10H16O. The van der Waals surface area contributed by atoms with E-state index >= 15 is 0 Å². The van der Waals surface area contributed by atoms with Gasteiger partial charge in [-0.2, -0.15) is 0 Å². The first-order valence-corrected chi connectivity index (χ1v) is 4.71. The summed E-state index contributed by atoms with van der Waals surface area (Å²) in [5.41, 5.74) is 0. The lowest BCUT2D eigenvalue weighted by molar-refractivity contribution is 0.107. The van der Waals surface area contributed by atoms with Gasteiger partial charge in [-0.05, 0) is 32.3 Å². The van der Waals surface area contributed by atoms with Gasteiger partial charge >= 0.3 is 0 Å². The van der Waals surface area contributed by atoms with E-state index in [0.29, 0.717) is 6.10 Å². The molecule has 1 nitrogen and oxygen atoms in total. The first-order valence-electron chi connectivity index (χ1n) is 4.71. The highest BCUT2D eigenvalue weighted by Gasteiger charge is 2.28. The second-order valence-electron chi connectivity index (χ2n) is 3.74. The Hall–Kier alpha value is -0.460. The van der Waals surface area contributed by atoms with Crippen molar-refractivity contribution in [1.82, 2.24) is 0 Å². The Kier molecular flexibility index (Phi) is 1.89. The average Bonchev–Trinajstić information content (AvgIpc) is 2.17. The molecule has 1 saturated carbocycles. The summed E-state index contributed by atoms with van der Waals surface area (Å²) >= 11 is 0. The first-order chi connectivity index (χ1) is 5.36. The van der Waals surface area contributed by atoms with Crippen LogP contribution < -0.4 is 0 Å². The molecule has 0 radical (unpaired) electrons. The zero-order valence-electron chi connectivity index (χ0n) is 7.18. The van der Waals surface area contributed by atoms with Gasteiger partial charge in [0.25, 0.3) is 0 Å². The lowest BCUT2D eigenvalue weighted by atomic mass is 9.99. The summed E-state index contributed by atoms with van der Waals surface area (Å²) in [6.07, 6.45) is 9.65. The molecule has 0 aromatic heterocycles. The van der Waals surface area contributed by atoms with Gasteiger partial charge in [0, 0.05) is 5.92 Å². The summed E-state index contributed by atoms with van der Waals surface area (Å²) in [7, 11) is 0. The zero-order chi connectivity index (χ0) is 7.68. The summed E-state index contributed by atoms with van der Waals surface area (Å²) < 4.78 is 5.71. The van der Waals surface area contributed by atoms with Crippen LogP contribution in [0.3, 0.4) is 0 Å². The normalized spacial score (nSPS) is 37.0. The van der Waals surface area contributed by atoms with Gasteiger partial charge in [-0.1, -0.05) is 12.8 Å². The third kappa shape index (κ3) is 1.42. The fourth-order valence-electron chi connectivity index (χ4n) is 2.22. The van der Waals surface area contributed by atoms with Crippen LogP contribution in [-0.4, -0.2) is 6.10 Å². The van der Waals surface area contributed by atoms with E-state index in [4.69, 9.17) is 4.74 Å². The maximum atomic E-state index is 5.71. The van der Waals surface area contributed by atoms with Gasteiger partial charge in [0.2, 0.25) is 0 Å². The number of allylic oxidation sites excluding steroid dienone is 1. The van der Waals surface area contributed by atoms with Crippen molar-refractivity contribution in [3.8, 4) is 0 Å². The number of hydrogen-bond donors (Lipinski definition) is 0. The molecule has 62 valence electrons. The van der Waals surface area contributed by atoms with Crippen LogP contribution in [0.5, 0.6) is 0 Å². The molecule has 2 unspecified atom stereocenters. The predicted octanol–water partition coefficient (Wildman–Crippen LogP) is 2.87. The maximum absolute atomic E-state index is 5.71. The molecular weight excluding hydrogens is 136 g/mol. The fourth-order valence-corrected chi connectivity index (χ4v) is 2.22. The van der Waals surface area contributed by atoms with Gasteiger partial charge in [-0.3, -0.25) is 0 Å². The van der Waals surface area contributed by atoms with E-state index in [1.54, 1.807) is 0 Å². The number of fused-ring (bicyclic) bond motifs is 1. The van der Waals surface area contributed by atoms with Crippen LogP contribution in [0.4, 0.5) is 0 Å². The third-order valence-corrected chi connectivity index (χ3v) is 2.79. The molecule has 2 aliphatic rings. The van der Waals surface area contributed by atoms with Crippen molar-refractivity contribution in [2.75, 3.05) is 0 Å². The lowest BCUT2D eigenvalue weighted by Crippen LogP contribution is -2.14. The minimum absolute atomic E-state index is 0.539. The lowest BCUT2D eigenvalue weighted by Gasteiger charge is -2.14. The van der Waals surface area contributed by atoms with Gasteiger partial charge in [-0.25, -0.2) is 0 Å². The van der Waals surface area contributed by atoms with Crippen LogP contribution in [0, 0.1) is 5.92 Å². The molecule has 0 aromatic carbocycles. The Labute approximate surface area is 68.4 Å². The topological polar surface area (TPSA) is 9.23 Å². The van der Waals surface area contributed by atoms with Gasteiger partial charge in [0.15, 0.2) is 0 Å². The van der Waals surface area contributed by atoms with E-state index in [0.717, 1.165) is 11.7 Å². The molecule has 0 amide bonds. The number of rotatable bonds is 0. The van der Waals surface area contributed by atoms with Crippen molar-refractivity contribution in [1.29, 1.82) is 0 Å². The zero-order valence-corrected chi connectivity index (χ0v) is 7.18. The molecule has 2 atom stereocenters. The van der Waals surface area contributed by atoms with Crippen molar-refractivity contribution in [3.05, 3.63) is 11.8 Å². The van der Waals surface area contributed by atoms with Crippen molar-refractivity contribution in [2.45, 2.75) is 45.1 Å². The molecule has 1 aliphatic carbocycles. The second kappa shape index (κ2) is 2.88. The van der Waals surface area contributed by atoms with Gasteiger partial charge < -0.3 is 4.74 Å². The standard InChI is InChI=1S/C10H16O/c1-8-7-9-5-3-2-4-6-10(9)11-8/h7,9-10H,2-6H2,1H3. The van der Waals surface area contributed by atoms with Gasteiger partial charge in [0.1, 0.15) is 6.10 Å². The fraction of sp³-hybridized carbons (Fsp3) is 0.800. The molecule has 0 N–H and O–H groups in total. The highest BCUT2D eigenvalue weighted by atomic mass is 16.5. The molecule has 11 heavy (non-hydrogen) atoms.